The van der Waals surface area contributed by atoms with Crippen LogP contribution in [0.4, 0.5) is 4.79 Å². The number of hydrogen-bond donors (Lipinski definition) is 1. The predicted molar refractivity (Wildman–Crippen MR) is 85.3 cm³/mol. The van der Waals surface area contributed by atoms with Gasteiger partial charge in [-0.25, -0.2) is 4.79 Å². The van der Waals surface area contributed by atoms with Crippen LogP contribution in [-0.2, 0) is 14.3 Å². The van der Waals surface area contributed by atoms with E-state index in [1.54, 1.807) is 26.8 Å². The van der Waals surface area contributed by atoms with Crippen molar-refractivity contribution in [2.24, 2.45) is 0 Å². The third kappa shape index (κ3) is 8.09. The number of esters is 1. The van der Waals surface area contributed by atoms with Crippen molar-refractivity contribution in [3.63, 3.8) is 0 Å². The summed E-state index contributed by atoms with van der Waals surface area (Å²) in [5.41, 5.74) is 0.403. The first-order valence-corrected chi connectivity index (χ1v) is 7.12. The highest BCUT2D eigenvalue weighted by atomic mass is 16.6. The zero-order valence-corrected chi connectivity index (χ0v) is 13.5. The largest absolute Gasteiger partial charge is 0.463 e. The molecule has 1 rings (SSSR count). The molecular formula is C17H23NO4. The molecule has 0 aliphatic carbocycles. The molecule has 0 aromatic heterocycles. The van der Waals surface area contributed by atoms with E-state index >= 15 is 0 Å². The second-order valence-corrected chi connectivity index (χ2v) is 5.83. The molecule has 5 nitrogen and oxygen atoms in total. The lowest BCUT2D eigenvalue weighted by Crippen LogP contribution is -2.40. The van der Waals surface area contributed by atoms with Gasteiger partial charge in [0.1, 0.15) is 12.2 Å². The van der Waals surface area contributed by atoms with E-state index in [0.717, 1.165) is 5.56 Å². The third-order valence-electron chi connectivity index (χ3n) is 2.49. The van der Waals surface area contributed by atoms with Gasteiger partial charge >= 0.3 is 12.1 Å². The maximum absolute atomic E-state index is 11.8. The highest BCUT2D eigenvalue weighted by Crippen LogP contribution is 2.08. The Balaban J connectivity index is 2.69. The SMILES string of the molecule is CC(=O)OCC(/C=C/c1ccccc1)NC(=O)OC(C)(C)C. The zero-order chi connectivity index (χ0) is 16.6. The molecule has 0 fully saturated rings. The van der Waals surface area contributed by atoms with E-state index in [1.807, 2.05) is 36.4 Å². The summed E-state index contributed by atoms with van der Waals surface area (Å²) in [6.07, 6.45) is 3.07. The molecule has 0 saturated heterocycles. The minimum absolute atomic E-state index is 0.0535. The van der Waals surface area contributed by atoms with Crippen LogP contribution in [0.1, 0.15) is 33.3 Å². The maximum atomic E-state index is 11.8. The molecule has 1 N–H and O–H groups in total. The number of benzene rings is 1. The molecule has 0 bridgehead atoms. The second kappa shape index (κ2) is 8.22. The van der Waals surface area contributed by atoms with Crippen molar-refractivity contribution in [3.05, 3.63) is 42.0 Å². The molecule has 1 aromatic carbocycles. The summed E-state index contributed by atoms with van der Waals surface area (Å²) >= 11 is 0. The zero-order valence-electron chi connectivity index (χ0n) is 13.5. The van der Waals surface area contributed by atoms with Crippen LogP contribution < -0.4 is 5.32 Å². The van der Waals surface area contributed by atoms with E-state index in [4.69, 9.17) is 9.47 Å². The van der Waals surface area contributed by atoms with Gasteiger partial charge in [-0.2, -0.15) is 0 Å². The summed E-state index contributed by atoms with van der Waals surface area (Å²) in [6, 6.07) is 9.18. The van der Waals surface area contributed by atoms with Gasteiger partial charge in [-0.3, -0.25) is 4.79 Å². The fourth-order valence-corrected chi connectivity index (χ4v) is 1.60. The molecule has 5 heteroatoms. The average Bonchev–Trinajstić information content (AvgIpc) is 2.41. The molecule has 1 atom stereocenters. The Hall–Kier alpha value is -2.30. The van der Waals surface area contributed by atoms with Gasteiger partial charge in [-0.1, -0.05) is 42.5 Å². The normalized spacial score (nSPS) is 12.7. The Morgan fingerprint density at radius 1 is 1.23 bits per heavy atom. The number of carbonyl (C=O) groups is 2. The topological polar surface area (TPSA) is 64.6 Å². The van der Waals surface area contributed by atoms with E-state index in [0.29, 0.717) is 0 Å². The van der Waals surface area contributed by atoms with Crippen molar-refractivity contribution in [1.82, 2.24) is 5.32 Å². The van der Waals surface area contributed by atoms with Gasteiger partial charge in [-0.15, -0.1) is 0 Å². The molecule has 0 saturated carbocycles. The standard InChI is InChI=1S/C17H23NO4/c1-13(19)21-12-15(18-16(20)22-17(2,3)4)11-10-14-8-6-5-7-9-14/h5-11,15H,12H2,1-4H3,(H,18,20)/b11-10+. The highest BCUT2D eigenvalue weighted by Gasteiger charge is 2.18. The summed E-state index contributed by atoms with van der Waals surface area (Å²) in [4.78, 5) is 22.8. The first-order chi connectivity index (χ1) is 10.3. The van der Waals surface area contributed by atoms with Gasteiger partial charge in [-0.05, 0) is 26.3 Å². The van der Waals surface area contributed by atoms with Crippen LogP contribution in [0.5, 0.6) is 0 Å². The maximum Gasteiger partial charge on any atom is 0.408 e. The Morgan fingerprint density at radius 3 is 2.41 bits per heavy atom. The van der Waals surface area contributed by atoms with Crippen LogP contribution >= 0.6 is 0 Å². The number of hydrogen-bond acceptors (Lipinski definition) is 4. The van der Waals surface area contributed by atoms with Gasteiger partial charge in [0.15, 0.2) is 0 Å². The monoisotopic (exact) mass is 305 g/mol. The number of amides is 1. The fourth-order valence-electron chi connectivity index (χ4n) is 1.60. The lowest BCUT2D eigenvalue weighted by Gasteiger charge is -2.22. The molecule has 0 aliphatic heterocycles. The average molecular weight is 305 g/mol. The molecule has 1 unspecified atom stereocenters. The van der Waals surface area contributed by atoms with Gasteiger partial charge in [0, 0.05) is 6.92 Å². The van der Waals surface area contributed by atoms with Crippen LogP contribution in [-0.4, -0.2) is 30.3 Å². The van der Waals surface area contributed by atoms with Crippen molar-refractivity contribution in [3.8, 4) is 0 Å². The van der Waals surface area contributed by atoms with Gasteiger partial charge in [0.2, 0.25) is 0 Å². The van der Waals surface area contributed by atoms with Crippen LogP contribution in [0.3, 0.4) is 0 Å². The Morgan fingerprint density at radius 2 is 1.86 bits per heavy atom. The number of ether oxygens (including phenoxy) is 2. The Kier molecular flexibility index (Phi) is 6.63. The summed E-state index contributed by atoms with van der Waals surface area (Å²) in [5.74, 6) is -0.399. The summed E-state index contributed by atoms with van der Waals surface area (Å²) in [7, 11) is 0. The van der Waals surface area contributed by atoms with E-state index in [2.05, 4.69) is 5.32 Å². The fraction of sp³-hybridized carbons (Fsp3) is 0.412. The van der Waals surface area contributed by atoms with Crippen molar-refractivity contribution in [2.45, 2.75) is 39.3 Å². The minimum atomic E-state index is -0.584. The van der Waals surface area contributed by atoms with E-state index < -0.39 is 23.7 Å². The van der Waals surface area contributed by atoms with Gasteiger partial charge in [0.25, 0.3) is 0 Å². The molecular weight excluding hydrogens is 282 g/mol. The van der Waals surface area contributed by atoms with Crippen molar-refractivity contribution >= 4 is 18.1 Å². The van der Waals surface area contributed by atoms with Gasteiger partial charge < -0.3 is 14.8 Å². The molecule has 0 spiro atoms. The quantitative estimate of drug-likeness (QED) is 0.849. The van der Waals surface area contributed by atoms with Crippen molar-refractivity contribution in [1.29, 1.82) is 0 Å². The lowest BCUT2D eigenvalue weighted by atomic mass is 10.2. The van der Waals surface area contributed by atoms with Gasteiger partial charge in [0.05, 0.1) is 6.04 Å². The van der Waals surface area contributed by atoms with Crippen LogP contribution in [0.25, 0.3) is 6.08 Å². The number of rotatable bonds is 5. The lowest BCUT2D eigenvalue weighted by molar-refractivity contribution is -0.141. The Bertz CT molecular complexity index is 517. The molecule has 1 aromatic rings. The Labute approximate surface area is 131 Å². The molecule has 0 radical (unpaired) electrons. The molecule has 0 heterocycles. The van der Waals surface area contributed by atoms with Crippen molar-refractivity contribution in [2.75, 3.05) is 6.61 Å². The molecule has 1 amide bonds. The van der Waals surface area contributed by atoms with Crippen molar-refractivity contribution < 1.29 is 19.1 Å². The van der Waals surface area contributed by atoms with E-state index in [-0.39, 0.29) is 6.61 Å². The van der Waals surface area contributed by atoms with Crippen LogP contribution in [0.2, 0.25) is 0 Å². The second-order valence-electron chi connectivity index (χ2n) is 5.83. The first-order valence-electron chi connectivity index (χ1n) is 7.12. The van der Waals surface area contributed by atoms with E-state index in [1.165, 1.54) is 6.92 Å². The van der Waals surface area contributed by atoms with E-state index in [9.17, 15) is 9.59 Å². The summed E-state index contributed by atoms with van der Waals surface area (Å²) < 4.78 is 10.2. The molecule has 0 aliphatic rings. The highest BCUT2D eigenvalue weighted by molar-refractivity contribution is 5.69. The molecule has 120 valence electrons. The predicted octanol–water partition coefficient (Wildman–Crippen LogP) is 3.16. The first kappa shape index (κ1) is 17.8. The summed E-state index contributed by atoms with van der Waals surface area (Å²) in [5, 5.41) is 2.67. The number of alkyl carbamates (subject to hydrolysis) is 1. The summed E-state index contributed by atoms with van der Waals surface area (Å²) in [6.45, 7) is 6.73. The number of nitrogens with one attached hydrogen (secondary N) is 1. The number of carbonyl (C=O) groups excluding carboxylic acids is 2. The molecule has 22 heavy (non-hydrogen) atoms. The smallest absolute Gasteiger partial charge is 0.408 e. The van der Waals surface area contributed by atoms with Crippen LogP contribution in [0.15, 0.2) is 36.4 Å². The third-order valence-corrected chi connectivity index (χ3v) is 2.49. The van der Waals surface area contributed by atoms with Crippen LogP contribution in [0, 0.1) is 0 Å². The minimum Gasteiger partial charge on any atom is -0.463 e.